The monoisotopic (exact) mass is 808 g/mol. The van der Waals surface area contributed by atoms with E-state index in [2.05, 4.69) is 34.9 Å². The maximum atomic E-state index is 12.4. The average Bonchev–Trinajstić information content (AvgIpc) is 3.04. The van der Waals surface area contributed by atoms with Gasteiger partial charge in [0.15, 0.2) is 21.5 Å². The van der Waals surface area contributed by atoms with Crippen molar-refractivity contribution in [3.05, 3.63) is 48.0 Å². The molecule has 0 saturated heterocycles. The highest BCUT2D eigenvalue weighted by molar-refractivity contribution is 7.91. The molecule has 0 amide bonds. The van der Waals surface area contributed by atoms with Gasteiger partial charge in [0.2, 0.25) is 0 Å². The molecule has 0 bridgehead atoms. The molecule has 0 radical (unpaired) electrons. The number of nitrogens with zero attached hydrogens (tertiary/aromatic N) is 6. The summed E-state index contributed by atoms with van der Waals surface area (Å²) in [6.45, 7) is 1.38. The van der Waals surface area contributed by atoms with Crippen LogP contribution in [0.2, 0.25) is 0 Å². The van der Waals surface area contributed by atoms with E-state index in [1.165, 1.54) is 43.3 Å². The minimum absolute atomic E-state index is 0.0339. The number of nitrogen functional groups attached to an aromatic ring is 1. The number of benzene rings is 2. The Morgan fingerprint density at radius 3 is 2.08 bits per heavy atom. The van der Waals surface area contributed by atoms with Crippen LogP contribution in [0, 0.1) is 6.92 Å². The molecule has 52 heavy (non-hydrogen) atoms. The number of pyridine rings is 1. The highest BCUT2D eigenvalue weighted by atomic mass is 32.3. The van der Waals surface area contributed by atoms with Crippen LogP contribution in [0.3, 0.4) is 0 Å². The molecular formula is C27H36N8O13S4. The zero-order valence-electron chi connectivity index (χ0n) is 27.8. The fourth-order valence-electron chi connectivity index (χ4n) is 4.16. The first-order valence-electron chi connectivity index (χ1n) is 14.7. The summed E-state index contributed by atoms with van der Waals surface area (Å²) in [5.41, 5.74) is 6.68. The number of anilines is 3. The summed E-state index contributed by atoms with van der Waals surface area (Å²) in [4.78, 5) is 4.91. The van der Waals surface area contributed by atoms with E-state index < -0.39 is 63.5 Å². The van der Waals surface area contributed by atoms with Gasteiger partial charge in [-0.3, -0.25) is 13.7 Å². The molecule has 0 fully saturated rings. The zero-order valence-corrected chi connectivity index (χ0v) is 31.1. The van der Waals surface area contributed by atoms with Crippen LogP contribution in [0.15, 0.2) is 72.7 Å². The minimum atomic E-state index is -4.89. The summed E-state index contributed by atoms with van der Waals surface area (Å²) >= 11 is 0. The van der Waals surface area contributed by atoms with Crippen molar-refractivity contribution >= 4 is 80.5 Å². The molecule has 0 spiro atoms. The van der Waals surface area contributed by atoms with Gasteiger partial charge in [-0.15, -0.1) is 10.2 Å². The maximum Gasteiger partial charge on any atom is 0.397 e. The zero-order chi connectivity index (χ0) is 38.9. The summed E-state index contributed by atoms with van der Waals surface area (Å²) < 4.78 is 130. The summed E-state index contributed by atoms with van der Waals surface area (Å²) in [7, 11) is -14.9. The molecule has 21 nitrogen and oxygen atoms in total. The Morgan fingerprint density at radius 1 is 0.846 bits per heavy atom. The Hall–Kier alpha value is -4.21. The Morgan fingerprint density at radius 2 is 1.48 bits per heavy atom. The number of sulfone groups is 1. The van der Waals surface area contributed by atoms with Crippen LogP contribution in [-0.2, 0) is 49.4 Å². The number of azo groups is 2. The molecule has 0 atom stereocenters. The van der Waals surface area contributed by atoms with E-state index in [4.69, 9.17) is 19.6 Å². The molecule has 3 rings (SSSR count). The molecule has 1 aromatic heterocycles. The molecule has 3 aromatic rings. The number of hydrogen-bond donors (Lipinski definition) is 5. The first-order chi connectivity index (χ1) is 24.1. The summed E-state index contributed by atoms with van der Waals surface area (Å²) in [5, 5.41) is 19.1. The Kier molecular flexibility index (Phi) is 14.2. The molecule has 2 aromatic carbocycles. The van der Waals surface area contributed by atoms with Crippen LogP contribution < -0.4 is 16.0 Å². The van der Waals surface area contributed by atoms with Gasteiger partial charge >= 0.3 is 10.4 Å². The van der Waals surface area contributed by atoms with Gasteiger partial charge in [-0.1, -0.05) is 0 Å². The van der Waals surface area contributed by atoms with E-state index in [-0.39, 0.29) is 51.5 Å². The fourth-order valence-corrected chi connectivity index (χ4v) is 6.78. The second kappa shape index (κ2) is 17.5. The van der Waals surface area contributed by atoms with Crippen molar-refractivity contribution in [3.8, 4) is 0 Å². The van der Waals surface area contributed by atoms with Crippen LogP contribution in [0.25, 0.3) is 0 Å². The van der Waals surface area contributed by atoms with Gasteiger partial charge in [0.25, 0.3) is 20.2 Å². The Bertz CT molecular complexity index is 2250. The first kappa shape index (κ1) is 42.2. The molecule has 0 saturated carbocycles. The second-order valence-electron chi connectivity index (χ2n) is 10.8. The first-order valence-corrected chi connectivity index (χ1v) is 20.8. The standard InChI is InChI=1S/C27H36N8O13S4/c1-18-24(28)27(35(2)12-15-49(36,37)16-14-48-52(44,45)46)30-26(29-11-4-13-47-3)25(18)34-33-22-10-7-20(17-23(22)51(41,42)43)32-31-19-5-8-21(9-6-19)50(38,39)40/h5-10,17H,4,11-16,28H2,1-3H3,(H,29,30)(H,38,39,40)(H,41,42,43)(H,44,45,46). The van der Waals surface area contributed by atoms with E-state index in [1.807, 2.05) is 0 Å². The third kappa shape index (κ3) is 12.8. The van der Waals surface area contributed by atoms with Gasteiger partial charge in [0, 0.05) is 39.4 Å². The van der Waals surface area contributed by atoms with Crippen molar-refractivity contribution in [2.75, 3.05) is 67.9 Å². The average molecular weight is 809 g/mol. The van der Waals surface area contributed by atoms with Crippen LogP contribution in [0.1, 0.15) is 12.0 Å². The molecule has 6 N–H and O–H groups in total. The molecule has 1 heterocycles. The minimum Gasteiger partial charge on any atom is -0.395 e. The van der Waals surface area contributed by atoms with Gasteiger partial charge in [0.05, 0.1) is 40.1 Å². The smallest absolute Gasteiger partial charge is 0.395 e. The molecule has 25 heteroatoms. The fraction of sp³-hybridized carbons (Fsp3) is 0.370. The highest BCUT2D eigenvalue weighted by Crippen LogP contribution is 2.39. The number of rotatable bonds is 19. The lowest BCUT2D eigenvalue weighted by Crippen LogP contribution is -2.29. The van der Waals surface area contributed by atoms with Crippen molar-refractivity contribution in [2.45, 2.75) is 23.1 Å². The normalized spacial score (nSPS) is 12.9. The van der Waals surface area contributed by atoms with Gasteiger partial charge < -0.3 is 20.7 Å². The predicted molar refractivity (Wildman–Crippen MR) is 189 cm³/mol. The van der Waals surface area contributed by atoms with Crippen molar-refractivity contribution in [3.63, 3.8) is 0 Å². The van der Waals surface area contributed by atoms with Crippen LogP contribution >= 0.6 is 0 Å². The number of hydrogen-bond acceptors (Lipinski definition) is 18. The maximum absolute atomic E-state index is 12.4. The van der Waals surface area contributed by atoms with Crippen molar-refractivity contribution in [1.82, 2.24) is 4.98 Å². The van der Waals surface area contributed by atoms with Crippen LogP contribution in [-0.4, -0.2) is 104 Å². The number of ether oxygens (including phenoxy) is 1. The molecule has 0 unspecified atom stereocenters. The van der Waals surface area contributed by atoms with Gasteiger partial charge in [-0.2, -0.15) is 35.5 Å². The molecule has 0 aliphatic carbocycles. The molecular weight excluding hydrogens is 773 g/mol. The summed E-state index contributed by atoms with van der Waals surface area (Å²) in [6.07, 6.45) is 0.529. The van der Waals surface area contributed by atoms with Crippen molar-refractivity contribution < 1.29 is 56.2 Å². The molecule has 0 aliphatic rings. The van der Waals surface area contributed by atoms with Crippen molar-refractivity contribution in [1.29, 1.82) is 0 Å². The van der Waals surface area contributed by atoms with E-state index in [0.717, 1.165) is 18.2 Å². The van der Waals surface area contributed by atoms with Crippen LogP contribution in [0.5, 0.6) is 0 Å². The lowest BCUT2D eigenvalue weighted by atomic mass is 10.2. The third-order valence-corrected chi connectivity index (χ3v) is 10.7. The summed E-state index contributed by atoms with van der Waals surface area (Å²) in [5.74, 6) is -0.852. The predicted octanol–water partition coefficient (Wildman–Crippen LogP) is 3.42. The number of nitrogens with two attached hydrogens (primary N) is 1. The van der Waals surface area contributed by atoms with Gasteiger partial charge in [-0.05, 0) is 55.8 Å². The number of aromatic nitrogens is 1. The van der Waals surface area contributed by atoms with Gasteiger partial charge in [-0.25, -0.2) is 17.6 Å². The van der Waals surface area contributed by atoms with Gasteiger partial charge in [0.1, 0.15) is 16.3 Å². The van der Waals surface area contributed by atoms with E-state index in [1.54, 1.807) is 6.92 Å². The highest BCUT2D eigenvalue weighted by Gasteiger charge is 2.22. The molecule has 0 aliphatic heterocycles. The molecule has 286 valence electrons. The lowest BCUT2D eigenvalue weighted by Gasteiger charge is -2.23. The third-order valence-electron chi connectivity index (χ3n) is 6.88. The number of methoxy groups -OCH3 is 1. The quantitative estimate of drug-likeness (QED) is 0.0658. The van der Waals surface area contributed by atoms with Crippen LogP contribution in [0.4, 0.5) is 40.1 Å². The second-order valence-corrected chi connectivity index (χ2v) is 17.0. The summed E-state index contributed by atoms with van der Waals surface area (Å²) in [6, 6.07) is 8.17. The largest absolute Gasteiger partial charge is 0.397 e. The Balaban J connectivity index is 1.94. The number of nitrogens with one attached hydrogen (secondary N) is 1. The SMILES string of the molecule is COCCCNc1nc(N(C)CCS(=O)(=O)CCOS(=O)(=O)O)c(N)c(C)c1N=Nc1ccc(N=Nc2ccc(S(=O)(=O)O)cc2)cc1S(=O)(=O)O. The van der Waals surface area contributed by atoms with E-state index in [0.29, 0.717) is 25.1 Å². The lowest BCUT2D eigenvalue weighted by molar-refractivity contribution is 0.198. The van der Waals surface area contributed by atoms with E-state index in [9.17, 15) is 38.2 Å². The van der Waals surface area contributed by atoms with Crippen molar-refractivity contribution in [2.24, 2.45) is 20.5 Å². The Labute approximate surface area is 300 Å². The topological polar surface area (TPSA) is 319 Å². The van der Waals surface area contributed by atoms with E-state index >= 15 is 0 Å².